The Bertz CT molecular complexity index is 518. The van der Waals surface area contributed by atoms with E-state index >= 15 is 0 Å². The number of hydrogen-bond acceptors (Lipinski definition) is 5. The number of anilines is 1. The van der Waals surface area contributed by atoms with E-state index in [9.17, 15) is 8.42 Å². The summed E-state index contributed by atoms with van der Waals surface area (Å²) in [5, 5.41) is 0. The summed E-state index contributed by atoms with van der Waals surface area (Å²) in [5.74, 6) is 0.676. The lowest BCUT2D eigenvalue weighted by atomic mass is 10.1. The highest BCUT2D eigenvalue weighted by Gasteiger charge is 2.23. The van der Waals surface area contributed by atoms with Crippen molar-refractivity contribution in [2.75, 3.05) is 24.2 Å². The lowest BCUT2D eigenvalue weighted by Gasteiger charge is -2.32. The summed E-state index contributed by atoms with van der Waals surface area (Å²) in [6, 6.07) is 1.79. The van der Waals surface area contributed by atoms with Gasteiger partial charge >= 0.3 is 0 Å². The van der Waals surface area contributed by atoms with Gasteiger partial charge in [-0.2, -0.15) is 0 Å². The van der Waals surface area contributed by atoms with Crippen molar-refractivity contribution in [3.05, 3.63) is 18.0 Å². The molecular formula is C11H18N4O2S. The molecule has 1 atom stereocenters. The summed E-state index contributed by atoms with van der Waals surface area (Å²) in [6.45, 7) is 3.41. The highest BCUT2D eigenvalue weighted by atomic mass is 32.2. The fourth-order valence-corrected chi connectivity index (χ4v) is 2.94. The molecule has 1 aromatic rings. The molecule has 18 heavy (non-hydrogen) atoms. The summed E-state index contributed by atoms with van der Waals surface area (Å²) in [4.78, 5) is 10.6. The van der Waals surface area contributed by atoms with E-state index in [2.05, 4.69) is 14.7 Å². The second kappa shape index (κ2) is 5.19. The predicted octanol–water partition coefficient (Wildman–Crippen LogP) is 0.303. The largest absolute Gasteiger partial charge is 0.339 e. The third-order valence-corrected chi connectivity index (χ3v) is 3.63. The van der Waals surface area contributed by atoms with Crippen LogP contribution < -0.4 is 9.62 Å². The lowest BCUT2D eigenvalue weighted by Crippen LogP contribution is -2.48. The van der Waals surface area contributed by atoms with Crippen molar-refractivity contribution in [2.24, 2.45) is 0 Å². The van der Waals surface area contributed by atoms with Gasteiger partial charge in [0.1, 0.15) is 0 Å². The van der Waals surface area contributed by atoms with E-state index in [0.717, 1.165) is 25.1 Å². The van der Waals surface area contributed by atoms with E-state index in [-0.39, 0.29) is 6.04 Å². The molecule has 0 bridgehead atoms. The molecule has 2 heterocycles. The molecule has 6 nitrogen and oxygen atoms in total. The number of aryl methyl sites for hydroxylation is 1. The Morgan fingerprint density at radius 2 is 2.28 bits per heavy atom. The van der Waals surface area contributed by atoms with Gasteiger partial charge in [0.2, 0.25) is 16.0 Å². The van der Waals surface area contributed by atoms with Gasteiger partial charge < -0.3 is 4.90 Å². The van der Waals surface area contributed by atoms with Crippen LogP contribution in [0.3, 0.4) is 0 Å². The maximum Gasteiger partial charge on any atom is 0.225 e. The van der Waals surface area contributed by atoms with Crippen molar-refractivity contribution in [2.45, 2.75) is 25.8 Å². The summed E-state index contributed by atoms with van der Waals surface area (Å²) in [6.07, 6.45) is 4.71. The summed E-state index contributed by atoms with van der Waals surface area (Å²) >= 11 is 0. The third-order valence-electron chi connectivity index (χ3n) is 2.87. The van der Waals surface area contributed by atoms with Gasteiger partial charge in [-0.3, -0.25) is 0 Å². The smallest absolute Gasteiger partial charge is 0.225 e. The van der Waals surface area contributed by atoms with Crippen molar-refractivity contribution < 1.29 is 8.42 Å². The zero-order chi connectivity index (χ0) is 13.2. The minimum absolute atomic E-state index is 0.0575. The Morgan fingerprint density at radius 3 is 2.94 bits per heavy atom. The van der Waals surface area contributed by atoms with Crippen LogP contribution in [0, 0.1) is 6.92 Å². The summed E-state index contributed by atoms with van der Waals surface area (Å²) < 4.78 is 25.1. The number of rotatable bonds is 3. The molecule has 0 amide bonds. The molecule has 0 radical (unpaired) electrons. The van der Waals surface area contributed by atoms with Crippen molar-refractivity contribution in [1.29, 1.82) is 0 Å². The monoisotopic (exact) mass is 270 g/mol. The molecule has 1 unspecified atom stereocenters. The van der Waals surface area contributed by atoms with E-state index in [0.29, 0.717) is 12.5 Å². The Labute approximate surface area is 107 Å². The lowest BCUT2D eigenvalue weighted by molar-refractivity contribution is 0.463. The highest BCUT2D eigenvalue weighted by Crippen LogP contribution is 2.16. The van der Waals surface area contributed by atoms with Gasteiger partial charge in [0.25, 0.3) is 0 Å². The number of piperidine rings is 1. The van der Waals surface area contributed by atoms with Gasteiger partial charge in [-0.25, -0.2) is 23.1 Å². The minimum Gasteiger partial charge on any atom is -0.339 e. The number of nitrogens with one attached hydrogen (secondary N) is 1. The first-order chi connectivity index (χ1) is 8.44. The normalized spacial score (nSPS) is 21.0. The maximum atomic E-state index is 11.2. The molecule has 1 aliphatic rings. The molecule has 2 rings (SSSR count). The zero-order valence-corrected chi connectivity index (χ0v) is 11.4. The molecule has 1 fully saturated rings. The molecule has 0 aliphatic carbocycles. The molecule has 1 aromatic heterocycles. The first-order valence-electron chi connectivity index (χ1n) is 5.96. The fourth-order valence-electron chi connectivity index (χ4n) is 2.15. The van der Waals surface area contributed by atoms with Crippen LogP contribution in [-0.2, 0) is 10.0 Å². The molecule has 0 spiro atoms. The van der Waals surface area contributed by atoms with Gasteiger partial charge in [-0.15, -0.1) is 0 Å². The SMILES string of the molecule is Cc1ccnc(N2CCCC(NS(C)(=O)=O)C2)n1. The molecular weight excluding hydrogens is 252 g/mol. The van der Waals surface area contributed by atoms with Crippen molar-refractivity contribution in [3.63, 3.8) is 0 Å². The van der Waals surface area contributed by atoms with Gasteiger partial charge in [-0.05, 0) is 25.8 Å². The second-order valence-electron chi connectivity index (χ2n) is 4.67. The molecule has 1 N–H and O–H groups in total. The quantitative estimate of drug-likeness (QED) is 0.855. The second-order valence-corrected chi connectivity index (χ2v) is 6.45. The van der Waals surface area contributed by atoms with E-state index in [1.807, 2.05) is 17.9 Å². The molecule has 100 valence electrons. The van der Waals surface area contributed by atoms with Crippen LogP contribution >= 0.6 is 0 Å². The van der Waals surface area contributed by atoms with Gasteiger partial charge in [-0.1, -0.05) is 0 Å². The van der Waals surface area contributed by atoms with Crippen molar-refractivity contribution >= 4 is 16.0 Å². The van der Waals surface area contributed by atoms with E-state index in [1.165, 1.54) is 6.26 Å². The molecule has 0 saturated carbocycles. The number of sulfonamides is 1. The van der Waals surface area contributed by atoms with Crippen LogP contribution in [0.25, 0.3) is 0 Å². The van der Waals surface area contributed by atoms with E-state index in [4.69, 9.17) is 0 Å². The van der Waals surface area contributed by atoms with Crippen LogP contribution in [0.1, 0.15) is 18.5 Å². The van der Waals surface area contributed by atoms with Gasteiger partial charge in [0.15, 0.2) is 0 Å². The van der Waals surface area contributed by atoms with Crippen LogP contribution in [-0.4, -0.2) is 43.8 Å². The summed E-state index contributed by atoms with van der Waals surface area (Å²) in [7, 11) is -3.16. The molecule has 1 saturated heterocycles. The first kappa shape index (κ1) is 13.2. The highest BCUT2D eigenvalue weighted by molar-refractivity contribution is 7.88. The fraction of sp³-hybridized carbons (Fsp3) is 0.636. The Hall–Kier alpha value is -1.21. The predicted molar refractivity (Wildman–Crippen MR) is 70.0 cm³/mol. The van der Waals surface area contributed by atoms with Crippen molar-refractivity contribution in [1.82, 2.24) is 14.7 Å². The minimum atomic E-state index is -3.16. The van der Waals surface area contributed by atoms with Crippen molar-refractivity contribution in [3.8, 4) is 0 Å². The van der Waals surface area contributed by atoms with E-state index in [1.54, 1.807) is 6.20 Å². The maximum absolute atomic E-state index is 11.2. The summed E-state index contributed by atoms with van der Waals surface area (Å²) in [5.41, 5.74) is 0.915. The Kier molecular flexibility index (Phi) is 3.82. The van der Waals surface area contributed by atoms with Gasteiger partial charge in [0.05, 0.1) is 6.26 Å². The van der Waals surface area contributed by atoms with Crippen LogP contribution in [0.15, 0.2) is 12.3 Å². The average molecular weight is 270 g/mol. The van der Waals surface area contributed by atoms with Crippen LogP contribution in [0.2, 0.25) is 0 Å². The topological polar surface area (TPSA) is 75.2 Å². The Balaban J connectivity index is 2.07. The molecule has 0 aromatic carbocycles. The standard InChI is InChI=1S/C11H18N4O2S/c1-9-5-6-12-11(13-9)15-7-3-4-10(8-15)14-18(2,16)17/h5-6,10,14H,3-4,7-8H2,1-2H3. The first-order valence-corrected chi connectivity index (χ1v) is 7.85. The average Bonchev–Trinajstić information content (AvgIpc) is 2.27. The zero-order valence-electron chi connectivity index (χ0n) is 10.6. The van der Waals surface area contributed by atoms with Crippen LogP contribution in [0.5, 0.6) is 0 Å². The molecule has 1 aliphatic heterocycles. The number of nitrogens with zero attached hydrogens (tertiary/aromatic N) is 3. The van der Waals surface area contributed by atoms with Gasteiger partial charge in [0, 0.05) is 31.0 Å². The third kappa shape index (κ3) is 3.64. The Morgan fingerprint density at radius 1 is 1.50 bits per heavy atom. The van der Waals surface area contributed by atoms with E-state index < -0.39 is 10.0 Å². The molecule has 7 heteroatoms. The number of aromatic nitrogens is 2. The number of hydrogen-bond donors (Lipinski definition) is 1. The van der Waals surface area contributed by atoms with Crippen LogP contribution in [0.4, 0.5) is 5.95 Å².